The lowest BCUT2D eigenvalue weighted by atomic mass is 10.2. The maximum absolute atomic E-state index is 13.8. The Morgan fingerprint density at radius 1 is 1.17 bits per heavy atom. The summed E-state index contributed by atoms with van der Waals surface area (Å²) in [5.41, 5.74) is 2.36. The van der Waals surface area contributed by atoms with E-state index in [2.05, 4.69) is 20.9 Å². The van der Waals surface area contributed by atoms with Crippen LogP contribution in [0.2, 0.25) is 0 Å². The van der Waals surface area contributed by atoms with Crippen LogP contribution in [0.3, 0.4) is 0 Å². The quantitative estimate of drug-likeness (QED) is 0.660. The van der Waals surface area contributed by atoms with Crippen LogP contribution < -0.4 is 0 Å². The van der Waals surface area contributed by atoms with Crippen molar-refractivity contribution in [1.82, 2.24) is 9.55 Å². The van der Waals surface area contributed by atoms with Crippen LogP contribution in [0.4, 0.5) is 4.39 Å². The molecule has 18 heavy (non-hydrogen) atoms. The first-order valence-corrected chi connectivity index (χ1v) is 6.33. The first-order valence-electron chi connectivity index (χ1n) is 5.53. The van der Waals surface area contributed by atoms with Gasteiger partial charge in [0.25, 0.3) is 0 Å². The van der Waals surface area contributed by atoms with Crippen LogP contribution in [-0.4, -0.2) is 9.55 Å². The van der Waals surface area contributed by atoms with E-state index in [1.165, 1.54) is 6.07 Å². The van der Waals surface area contributed by atoms with Gasteiger partial charge in [-0.1, -0.05) is 28.1 Å². The summed E-state index contributed by atoms with van der Waals surface area (Å²) in [5.74, 6) is 0.385. The Bertz CT molecular complexity index is 734. The highest BCUT2D eigenvalue weighted by Gasteiger charge is 2.12. The Labute approximate surface area is 112 Å². The van der Waals surface area contributed by atoms with Gasteiger partial charge in [0.2, 0.25) is 0 Å². The third-order valence-electron chi connectivity index (χ3n) is 2.96. The average Bonchev–Trinajstić information content (AvgIpc) is 2.67. The molecule has 90 valence electrons. The molecular formula is C14H10BrFN2. The molecule has 0 aliphatic heterocycles. The zero-order valence-electron chi connectivity index (χ0n) is 9.69. The molecule has 0 aliphatic rings. The second-order valence-electron chi connectivity index (χ2n) is 4.11. The minimum atomic E-state index is -0.255. The molecule has 0 saturated carbocycles. The Balaban J connectivity index is 2.31. The SMILES string of the molecule is Cn1c(-c2ccccc2F)nc2cc(Br)ccc21. The van der Waals surface area contributed by atoms with Gasteiger partial charge in [0, 0.05) is 11.5 Å². The second kappa shape index (κ2) is 4.21. The lowest BCUT2D eigenvalue weighted by molar-refractivity contribution is 0.629. The maximum Gasteiger partial charge on any atom is 0.143 e. The minimum absolute atomic E-state index is 0.255. The van der Waals surface area contributed by atoms with E-state index in [1.807, 2.05) is 35.9 Å². The molecule has 0 radical (unpaired) electrons. The van der Waals surface area contributed by atoms with Crippen molar-refractivity contribution < 1.29 is 4.39 Å². The average molecular weight is 305 g/mol. The summed E-state index contributed by atoms with van der Waals surface area (Å²) in [6.45, 7) is 0. The zero-order chi connectivity index (χ0) is 12.7. The van der Waals surface area contributed by atoms with Gasteiger partial charge in [-0.05, 0) is 30.3 Å². The van der Waals surface area contributed by atoms with Crippen molar-refractivity contribution >= 4 is 27.0 Å². The number of benzene rings is 2. The van der Waals surface area contributed by atoms with Gasteiger partial charge in [0.15, 0.2) is 0 Å². The minimum Gasteiger partial charge on any atom is -0.327 e. The van der Waals surface area contributed by atoms with Crippen LogP contribution in [0.1, 0.15) is 0 Å². The van der Waals surface area contributed by atoms with Crippen molar-refractivity contribution in [1.29, 1.82) is 0 Å². The van der Waals surface area contributed by atoms with Gasteiger partial charge < -0.3 is 4.57 Å². The molecule has 4 heteroatoms. The van der Waals surface area contributed by atoms with Gasteiger partial charge in [-0.3, -0.25) is 0 Å². The molecule has 0 fully saturated rings. The standard InChI is InChI=1S/C14H10BrFN2/c1-18-13-7-6-9(15)8-12(13)17-14(18)10-4-2-3-5-11(10)16/h2-8H,1H3. The second-order valence-corrected chi connectivity index (χ2v) is 5.02. The fourth-order valence-corrected chi connectivity index (χ4v) is 2.41. The van der Waals surface area contributed by atoms with Gasteiger partial charge >= 0.3 is 0 Å². The fourth-order valence-electron chi connectivity index (χ4n) is 2.06. The molecule has 0 atom stereocenters. The molecule has 3 aromatic rings. The van der Waals surface area contributed by atoms with E-state index in [-0.39, 0.29) is 5.82 Å². The van der Waals surface area contributed by atoms with E-state index < -0.39 is 0 Å². The van der Waals surface area contributed by atoms with E-state index in [1.54, 1.807) is 12.1 Å². The number of hydrogen-bond donors (Lipinski definition) is 0. The highest BCUT2D eigenvalue weighted by Crippen LogP contribution is 2.27. The molecule has 0 unspecified atom stereocenters. The number of aromatic nitrogens is 2. The molecule has 0 aliphatic carbocycles. The third-order valence-corrected chi connectivity index (χ3v) is 3.45. The molecule has 0 N–H and O–H groups in total. The maximum atomic E-state index is 13.8. The summed E-state index contributed by atoms with van der Waals surface area (Å²) >= 11 is 3.41. The van der Waals surface area contributed by atoms with Gasteiger partial charge in [-0.15, -0.1) is 0 Å². The number of hydrogen-bond acceptors (Lipinski definition) is 1. The molecule has 2 aromatic carbocycles. The normalized spacial score (nSPS) is 11.1. The number of aryl methyl sites for hydroxylation is 1. The fraction of sp³-hybridized carbons (Fsp3) is 0.0714. The Kier molecular flexibility index (Phi) is 2.67. The molecule has 3 rings (SSSR count). The smallest absolute Gasteiger partial charge is 0.143 e. The lowest BCUT2D eigenvalue weighted by Crippen LogP contribution is -1.94. The number of imidazole rings is 1. The highest BCUT2D eigenvalue weighted by atomic mass is 79.9. The van der Waals surface area contributed by atoms with E-state index in [0.29, 0.717) is 11.4 Å². The predicted molar refractivity (Wildman–Crippen MR) is 73.8 cm³/mol. The molecule has 0 amide bonds. The largest absolute Gasteiger partial charge is 0.327 e. The van der Waals surface area contributed by atoms with Gasteiger partial charge in [-0.25, -0.2) is 9.37 Å². The Morgan fingerprint density at radius 3 is 2.72 bits per heavy atom. The Hall–Kier alpha value is -1.68. The third kappa shape index (κ3) is 1.73. The summed E-state index contributed by atoms with van der Waals surface area (Å²) in [7, 11) is 1.89. The van der Waals surface area contributed by atoms with E-state index in [9.17, 15) is 4.39 Å². The van der Waals surface area contributed by atoms with Crippen molar-refractivity contribution in [2.45, 2.75) is 0 Å². The van der Waals surface area contributed by atoms with Gasteiger partial charge in [-0.2, -0.15) is 0 Å². The molecule has 0 saturated heterocycles. The van der Waals surface area contributed by atoms with Crippen molar-refractivity contribution in [2.75, 3.05) is 0 Å². The molecular weight excluding hydrogens is 295 g/mol. The number of rotatable bonds is 1. The van der Waals surface area contributed by atoms with Crippen LogP contribution in [-0.2, 0) is 7.05 Å². The van der Waals surface area contributed by atoms with Crippen molar-refractivity contribution in [2.24, 2.45) is 7.05 Å². The monoisotopic (exact) mass is 304 g/mol. The molecule has 1 aromatic heterocycles. The van der Waals surface area contributed by atoms with E-state index in [4.69, 9.17) is 0 Å². The summed E-state index contributed by atoms with van der Waals surface area (Å²) in [6, 6.07) is 12.5. The van der Waals surface area contributed by atoms with Gasteiger partial charge in [0.1, 0.15) is 11.6 Å². The first kappa shape index (κ1) is 11.4. The predicted octanol–water partition coefficient (Wildman–Crippen LogP) is 4.14. The van der Waals surface area contributed by atoms with Crippen LogP contribution >= 0.6 is 15.9 Å². The summed E-state index contributed by atoms with van der Waals surface area (Å²) < 4.78 is 16.7. The number of halogens is 2. The number of nitrogens with zero attached hydrogens (tertiary/aromatic N) is 2. The van der Waals surface area contributed by atoms with E-state index in [0.717, 1.165) is 15.5 Å². The Morgan fingerprint density at radius 2 is 1.94 bits per heavy atom. The first-order chi connectivity index (χ1) is 8.66. The number of fused-ring (bicyclic) bond motifs is 1. The van der Waals surface area contributed by atoms with Crippen molar-refractivity contribution in [3.8, 4) is 11.4 Å². The summed E-state index contributed by atoms with van der Waals surface area (Å²) in [5, 5.41) is 0. The zero-order valence-corrected chi connectivity index (χ0v) is 11.3. The van der Waals surface area contributed by atoms with Crippen LogP contribution in [0, 0.1) is 5.82 Å². The van der Waals surface area contributed by atoms with Crippen LogP contribution in [0.15, 0.2) is 46.9 Å². The van der Waals surface area contributed by atoms with Crippen molar-refractivity contribution in [3.05, 3.63) is 52.8 Å². The topological polar surface area (TPSA) is 17.8 Å². The van der Waals surface area contributed by atoms with Crippen LogP contribution in [0.25, 0.3) is 22.4 Å². The molecule has 1 heterocycles. The highest BCUT2D eigenvalue weighted by molar-refractivity contribution is 9.10. The lowest BCUT2D eigenvalue weighted by Gasteiger charge is -2.03. The summed E-state index contributed by atoms with van der Waals surface area (Å²) in [4.78, 5) is 4.50. The van der Waals surface area contributed by atoms with Crippen molar-refractivity contribution in [3.63, 3.8) is 0 Å². The molecule has 0 bridgehead atoms. The molecule has 0 spiro atoms. The molecule has 2 nitrogen and oxygen atoms in total. The van der Waals surface area contributed by atoms with Gasteiger partial charge in [0.05, 0.1) is 16.6 Å². The van der Waals surface area contributed by atoms with Crippen LogP contribution in [0.5, 0.6) is 0 Å². The summed E-state index contributed by atoms with van der Waals surface area (Å²) in [6.07, 6.45) is 0. The van der Waals surface area contributed by atoms with E-state index >= 15 is 0 Å².